The standard InChI is InChI=1S/C9H10BNO2/c1-12-10(13-2)9-5-3-8(7-11)4-6-9/h3-6H,1-2H3. The Morgan fingerprint density at radius 2 is 1.69 bits per heavy atom. The van der Waals surface area contributed by atoms with Gasteiger partial charge in [0.05, 0.1) is 11.6 Å². The van der Waals surface area contributed by atoms with Gasteiger partial charge in [0.2, 0.25) is 0 Å². The highest BCUT2D eigenvalue weighted by atomic mass is 16.6. The average molecular weight is 175 g/mol. The summed E-state index contributed by atoms with van der Waals surface area (Å²) in [5, 5.41) is 8.57. The molecule has 1 aromatic carbocycles. The van der Waals surface area contributed by atoms with Gasteiger partial charge in [-0.05, 0) is 17.6 Å². The van der Waals surface area contributed by atoms with E-state index in [0.29, 0.717) is 5.56 Å². The Bertz CT molecular complexity index is 300. The van der Waals surface area contributed by atoms with E-state index in [-0.39, 0.29) is 7.12 Å². The van der Waals surface area contributed by atoms with Gasteiger partial charge in [0.25, 0.3) is 0 Å². The summed E-state index contributed by atoms with van der Waals surface area (Å²) in [5.41, 5.74) is 1.54. The lowest BCUT2D eigenvalue weighted by molar-refractivity contribution is 0.292. The Kier molecular flexibility index (Phi) is 3.50. The van der Waals surface area contributed by atoms with Crippen LogP contribution in [0.1, 0.15) is 5.56 Å². The molecule has 0 aliphatic carbocycles. The van der Waals surface area contributed by atoms with Gasteiger partial charge in [0.15, 0.2) is 0 Å². The van der Waals surface area contributed by atoms with Crippen LogP contribution < -0.4 is 5.46 Å². The highest BCUT2D eigenvalue weighted by Crippen LogP contribution is 1.96. The fourth-order valence-electron chi connectivity index (χ4n) is 1.08. The number of nitrogens with zero attached hydrogens (tertiary/aromatic N) is 1. The second-order valence-corrected chi connectivity index (χ2v) is 2.54. The number of benzene rings is 1. The molecule has 1 rings (SSSR count). The molecule has 0 radical (unpaired) electrons. The smallest absolute Gasteiger partial charge is 0.410 e. The summed E-state index contributed by atoms with van der Waals surface area (Å²) in [6, 6.07) is 9.15. The maximum absolute atomic E-state index is 8.57. The molecular weight excluding hydrogens is 165 g/mol. The van der Waals surface area contributed by atoms with E-state index in [0.717, 1.165) is 5.46 Å². The number of rotatable bonds is 3. The molecule has 0 aromatic heterocycles. The van der Waals surface area contributed by atoms with Crippen LogP contribution in [0.15, 0.2) is 24.3 Å². The lowest BCUT2D eigenvalue weighted by atomic mass is 9.79. The SMILES string of the molecule is COB(OC)c1ccc(C#N)cc1. The first kappa shape index (κ1) is 9.78. The van der Waals surface area contributed by atoms with Crippen molar-refractivity contribution in [1.29, 1.82) is 5.26 Å². The van der Waals surface area contributed by atoms with Gasteiger partial charge in [0, 0.05) is 14.2 Å². The van der Waals surface area contributed by atoms with E-state index in [4.69, 9.17) is 14.6 Å². The maximum atomic E-state index is 8.57. The van der Waals surface area contributed by atoms with Crippen LogP contribution in [0.4, 0.5) is 0 Å². The van der Waals surface area contributed by atoms with Crippen LogP contribution in [0, 0.1) is 11.3 Å². The van der Waals surface area contributed by atoms with E-state index < -0.39 is 0 Å². The van der Waals surface area contributed by atoms with Crippen molar-refractivity contribution in [3.05, 3.63) is 29.8 Å². The minimum Gasteiger partial charge on any atom is -0.410 e. The topological polar surface area (TPSA) is 42.2 Å². The van der Waals surface area contributed by atoms with Crippen LogP contribution in [0.5, 0.6) is 0 Å². The third-order valence-electron chi connectivity index (χ3n) is 1.74. The molecule has 4 heteroatoms. The molecule has 0 aliphatic heterocycles. The molecule has 0 saturated heterocycles. The Morgan fingerprint density at radius 3 is 2.08 bits per heavy atom. The van der Waals surface area contributed by atoms with Gasteiger partial charge in [-0.2, -0.15) is 5.26 Å². The second-order valence-electron chi connectivity index (χ2n) is 2.54. The van der Waals surface area contributed by atoms with E-state index >= 15 is 0 Å². The molecule has 0 N–H and O–H groups in total. The zero-order chi connectivity index (χ0) is 9.68. The summed E-state index contributed by atoms with van der Waals surface area (Å²) in [4.78, 5) is 0. The van der Waals surface area contributed by atoms with Gasteiger partial charge in [-0.15, -0.1) is 0 Å². The molecule has 1 aromatic rings. The van der Waals surface area contributed by atoms with Gasteiger partial charge in [-0.1, -0.05) is 12.1 Å². The largest absolute Gasteiger partial charge is 0.493 e. The molecule has 66 valence electrons. The molecular formula is C9H10BNO2. The lowest BCUT2D eigenvalue weighted by Gasteiger charge is -2.07. The fraction of sp³-hybridized carbons (Fsp3) is 0.222. The van der Waals surface area contributed by atoms with Crippen molar-refractivity contribution >= 4 is 12.6 Å². The Hall–Kier alpha value is -1.31. The van der Waals surface area contributed by atoms with Crippen LogP contribution in [0.25, 0.3) is 0 Å². The van der Waals surface area contributed by atoms with Crippen molar-refractivity contribution < 1.29 is 9.31 Å². The molecule has 3 nitrogen and oxygen atoms in total. The van der Waals surface area contributed by atoms with Crippen molar-refractivity contribution in [3.63, 3.8) is 0 Å². The molecule has 0 saturated carbocycles. The quantitative estimate of drug-likeness (QED) is 0.629. The summed E-state index contributed by atoms with van der Waals surface area (Å²) in [6.45, 7) is 0. The van der Waals surface area contributed by atoms with Gasteiger partial charge in [0.1, 0.15) is 0 Å². The summed E-state index contributed by atoms with van der Waals surface area (Å²) < 4.78 is 10.1. The van der Waals surface area contributed by atoms with Gasteiger partial charge < -0.3 is 9.31 Å². The van der Waals surface area contributed by atoms with Crippen molar-refractivity contribution in [2.45, 2.75) is 0 Å². The highest BCUT2D eigenvalue weighted by molar-refractivity contribution is 6.61. The fourth-order valence-corrected chi connectivity index (χ4v) is 1.08. The van der Waals surface area contributed by atoms with Gasteiger partial charge in [-0.3, -0.25) is 0 Å². The third kappa shape index (κ3) is 2.31. The van der Waals surface area contributed by atoms with Crippen molar-refractivity contribution in [1.82, 2.24) is 0 Å². The summed E-state index contributed by atoms with van der Waals surface area (Å²) in [5.74, 6) is 0. The highest BCUT2D eigenvalue weighted by Gasteiger charge is 2.16. The Morgan fingerprint density at radius 1 is 1.15 bits per heavy atom. The zero-order valence-corrected chi connectivity index (χ0v) is 7.65. The number of hydrogen-bond donors (Lipinski definition) is 0. The monoisotopic (exact) mass is 175 g/mol. The van der Waals surface area contributed by atoms with Crippen LogP contribution in [0.3, 0.4) is 0 Å². The molecule has 0 bridgehead atoms. The molecule has 0 spiro atoms. The molecule has 0 aliphatic rings. The van der Waals surface area contributed by atoms with Crippen LogP contribution in [-0.4, -0.2) is 21.3 Å². The first-order chi connectivity index (χ1) is 6.31. The molecule has 0 heterocycles. The van der Waals surface area contributed by atoms with E-state index in [1.54, 1.807) is 26.4 Å². The molecule has 0 amide bonds. The first-order valence-electron chi connectivity index (χ1n) is 3.87. The summed E-state index contributed by atoms with van der Waals surface area (Å²) in [6.07, 6.45) is 0. The minimum absolute atomic E-state index is 0.354. The lowest BCUT2D eigenvalue weighted by Crippen LogP contribution is -2.34. The Balaban J connectivity index is 2.85. The predicted octanol–water partition coefficient (Wildman–Crippen LogP) is 0.546. The minimum atomic E-state index is -0.354. The average Bonchev–Trinajstić information content (AvgIpc) is 2.21. The van der Waals surface area contributed by atoms with E-state index in [1.807, 2.05) is 18.2 Å². The summed E-state index contributed by atoms with van der Waals surface area (Å²) in [7, 11) is 2.80. The molecule has 0 fully saturated rings. The van der Waals surface area contributed by atoms with Crippen molar-refractivity contribution in [2.75, 3.05) is 14.2 Å². The van der Waals surface area contributed by atoms with Crippen LogP contribution in [-0.2, 0) is 9.31 Å². The normalized spacial score (nSPS) is 9.31. The zero-order valence-electron chi connectivity index (χ0n) is 7.65. The maximum Gasteiger partial charge on any atom is 0.493 e. The van der Waals surface area contributed by atoms with E-state index in [1.165, 1.54) is 0 Å². The van der Waals surface area contributed by atoms with E-state index in [9.17, 15) is 0 Å². The van der Waals surface area contributed by atoms with Crippen molar-refractivity contribution in [2.24, 2.45) is 0 Å². The second kappa shape index (κ2) is 4.66. The van der Waals surface area contributed by atoms with Crippen LogP contribution in [0.2, 0.25) is 0 Å². The van der Waals surface area contributed by atoms with E-state index in [2.05, 4.69) is 0 Å². The number of nitriles is 1. The van der Waals surface area contributed by atoms with Gasteiger partial charge in [-0.25, -0.2) is 0 Å². The molecule has 0 atom stereocenters. The third-order valence-corrected chi connectivity index (χ3v) is 1.74. The number of hydrogen-bond acceptors (Lipinski definition) is 3. The summed E-state index contributed by atoms with van der Waals surface area (Å²) >= 11 is 0. The van der Waals surface area contributed by atoms with Gasteiger partial charge >= 0.3 is 7.12 Å². The van der Waals surface area contributed by atoms with Crippen LogP contribution >= 0.6 is 0 Å². The van der Waals surface area contributed by atoms with Crippen molar-refractivity contribution in [3.8, 4) is 6.07 Å². The molecule has 0 unspecified atom stereocenters. The molecule has 13 heavy (non-hydrogen) atoms. The predicted molar refractivity (Wildman–Crippen MR) is 50.6 cm³/mol. The Labute approximate surface area is 78.0 Å². The first-order valence-corrected chi connectivity index (χ1v) is 3.87.